The van der Waals surface area contributed by atoms with Crippen molar-refractivity contribution in [3.05, 3.63) is 16.4 Å². The molecule has 0 radical (unpaired) electrons. The fraction of sp³-hybridized carbons (Fsp3) is 0.786. The van der Waals surface area contributed by atoms with E-state index < -0.39 is 0 Å². The van der Waals surface area contributed by atoms with Gasteiger partial charge in [0, 0.05) is 6.54 Å². The van der Waals surface area contributed by atoms with Crippen LogP contribution in [0, 0.1) is 0 Å². The molecular weight excluding hydrogens is 304 g/mol. The highest BCUT2D eigenvalue weighted by molar-refractivity contribution is 9.10. The summed E-state index contributed by atoms with van der Waals surface area (Å²) in [5.74, 6) is 0. The van der Waals surface area contributed by atoms with Crippen molar-refractivity contribution in [3.8, 4) is 0 Å². The Morgan fingerprint density at radius 2 is 2.32 bits per heavy atom. The van der Waals surface area contributed by atoms with E-state index in [1.807, 2.05) is 6.20 Å². The first-order valence-corrected chi connectivity index (χ1v) is 8.00. The number of likely N-dealkylation sites (N-methyl/N-ethyl adjacent to an activating group) is 1. The van der Waals surface area contributed by atoms with Gasteiger partial charge < -0.3 is 10.2 Å². The number of hydrogen-bond donors (Lipinski definition) is 1. The molecule has 1 fully saturated rings. The summed E-state index contributed by atoms with van der Waals surface area (Å²) in [4.78, 5) is 2.20. The Kier molecular flexibility index (Phi) is 5.03. The topological polar surface area (TPSA) is 33.1 Å². The number of nitrogens with one attached hydrogen (secondary N) is 1. The molecule has 1 aliphatic heterocycles. The maximum absolute atomic E-state index is 4.56. The first-order valence-electron chi connectivity index (χ1n) is 7.20. The second-order valence-corrected chi connectivity index (χ2v) is 6.58. The monoisotopic (exact) mass is 328 g/mol. The molecule has 1 N–H and O–H groups in total. The molecule has 0 aliphatic carbocycles. The van der Waals surface area contributed by atoms with Crippen LogP contribution >= 0.6 is 15.9 Å². The van der Waals surface area contributed by atoms with Crippen LogP contribution in [0.15, 0.2) is 10.7 Å². The predicted molar refractivity (Wildman–Crippen MR) is 82.3 cm³/mol. The Morgan fingerprint density at radius 3 is 2.89 bits per heavy atom. The molecule has 0 spiro atoms. The Hall–Kier alpha value is -0.390. The molecule has 1 aromatic rings. The van der Waals surface area contributed by atoms with E-state index in [4.69, 9.17) is 0 Å². The summed E-state index contributed by atoms with van der Waals surface area (Å²) in [5.41, 5.74) is 1.46. The minimum Gasteiger partial charge on any atom is -0.308 e. The van der Waals surface area contributed by atoms with Gasteiger partial charge in [0.25, 0.3) is 0 Å². The molecule has 1 unspecified atom stereocenters. The molecule has 5 heteroatoms. The van der Waals surface area contributed by atoms with Crippen LogP contribution in [0.3, 0.4) is 0 Å². The number of halogens is 1. The van der Waals surface area contributed by atoms with Crippen LogP contribution in [0.1, 0.15) is 38.3 Å². The van der Waals surface area contributed by atoms with Crippen molar-refractivity contribution in [2.75, 3.05) is 27.2 Å². The van der Waals surface area contributed by atoms with Crippen molar-refractivity contribution < 1.29 is 0 Å². The SMILES string of the molecule is CCCC1(c2c(Br)cnn2CCN(C)C)CCCN1. The Balaban J connectivity index is 2.28. The molecule has 1 saturated heterocycles. The first-order chi connectivity index (χ1) is 9.09. The fourth-order valence-electron chi connectivity index (χ4n) is 3.07. The maximum Gasteiger partial charge on any atom is 0.0727 e. The molecule has 2 rings (SSSR count). The van der Waals surface area contributed by atoms with Gasteiger partial charge in [-0.05, 0) is 55.8 Å². The molecule has 4 nitrogen and oxygen atoms in total. The van der Waals surface area contributed by atoms with Gasteiger partial charge in [0.1, 0.15) is 0 Å². The van der Waals surface area contributed by atoms with E-state index in [1.54, 1.807) is 0 Å². The van der Waals surface area contributed by atoms with Crippen molar-refractivity contribution in [1.29, 1.82) is 0 Å². The average Bonchev–Trinajstić information content (AvgIpc) is 2.95. The zero-order valence-electron chi connectivity index (χ0n) is 12.2. The van der Waals surface area contributed by atoms with E-state index in [-0.39, 0.29) is 5.54 Å². The highest BCUT2D eigenvalue weighted by Crippen LogP contribution is 2.38. The minimum absolute atomic E-state index is 0.121. The molecule has 108 valence electrons. The van der Waals surface area contributed by atoms with Gasteiger partial charge in [-0.25, -0.2) is 0 Å². The molecular formula is C14H25BrN4. The van der Waals surface area contributed by atoms with Crippen LogP contribution in [0.4, 0.5) is 0 Å². The van der Waals surface area contributed by atoms with E-state index in [0.717, 1.165) is 24.1 Å². The van der Waals surface area contributed by atoms with Crippen molar-refractivity contribution in [1.82, 2.24) is 20.0 Å². The standard InChI is InChI=1S/C14H25BrN4/c1-4-6-14(7-5-8-16-14)13-12(15)11-17-19(13)10-9-18(2)3/h11,16H,4-10H2,1-3H3. The van der Waals surface area contributed by atoms with Crippen molar-refractivity contribution in [3.63, 3.8) is 0 Å². The van der Waals surface area contributed by atoms with Crippen LogP contribution in [0.5, 0.6) is 0 Å². The van der Waals surface area contributed by atoms with Gasteiger partial charge in [-0.1, -0.05) is 13.3 Å². The first kappa shape index (κ1) is 15.0. The maximum atomic E-state index is 4.56. The van der Waals surface area contributed by atoms with E-state index in [1.165, 1.54) is 31.4 Å². The van der Waals surface area contributed by atoms with Gasteiger partial charge in [-0.2, -0.15) is 5.10 Å². The lowest BCUT2D eigenvalue weighted by Crippen LogP contribution is -2.39. The zero-order valence-corrected chi connectivity index (χ0v) is 13.8. The molecule has 0 aromatic carbocycles. The number of nitrogens with zero attached hydrogens (tertiary/aromatic N) is 3. The summed E-state index contributed by atoms with van der Waals surface area (Å²) in [7, 11) is 4.21. The summed E-state index contributed by atoms with van der Waals surface area (Å²) < 4.78 is 3.33. The Bertz CT molecular complexity index is 408. The number of rotatable bonds is 6. The number of hydrogen-bond acceptors (Lipinski definition) is 3. The van der Waals surface area contributed by atoms with Crippen LogP contribution in [0.2, 0.25) is 0 Å². The smallest absolute Gasteiger partial charge is 0.0727 e. The Morgan fingerprint density at radius 1 is 1.53 bits per heavy atom. The van der Waals surface area contributed by atoms with Gasteiger partial charge in [0.15, 0.2) is 0 Å². The predicted octanol–water partition coefficient (Wildman–Crippen LogP) is 2.59. The summed E-state index contributed by atoms with van der Waals surface area (Å²) in [5, 5.41) is 8.30. The third-order valence-electron chi connectivity index (χ3n) is 3.93. The molecule has 1 aromatic heterocycles. The lowest BCUT2D eigenvalue weighted by atomic mass is 9.88. The van der Waals surface area contributed by atoms with E-state index in [2.05, 4.69) is 56.9 Å². The molecule has 19 heavy (non-hydrogen) atoms. The Labute approximate surface area is 124 Å². The third kappa shape index (κ3) is 3.20. The summed E-state index contributed by atoms with van der Waals surface area (Å²) in [6.07, 6.45) is 6.79. The van der Waals surface area contributed by atoms with E-state index >= 15 is 0 Å². The molecule has 1 aliphatic rings. The van der Waals surface area contributed by atoms with Crippen molar-refractivity contribution in [2.24, 2.45) is 0 Å². The van der Waals surface area contributed by atoms with Crippen molar-refractivity contribution >= 4 is 15.9 Å². The number of aromatic nitrogens is 2. The quantitative estimate of drug-likeness (QED) is 0.871. The van der Waals surface area contributed by atoms with Gasteiger partial charge in [-0.15, -0.1) is 0 Å². The molecule has 0 bridgehead atoms. The second kappa shape index (κ2) is 6.37. The normalized spacial score (nSPS) is 23.4. The average molecular weight is 329 g/mol. The van der Waals surface area contributed by atoms with Crippen LogP contribution in [0.25, 0.3) is 0 Å². The van der Waals surface area contributed by atoms with E-state index in [9.17, 15) is 0 Å². The lowest BCUT2D eigenvalue weighted by Gasteiger charge is -2.31. The zero-order chi connectivity index (χ0) is 13.9. The molecule has 2 heterocycles. The highest BCUT2D eigenvalue weighted by atomic mass is 79.9. The highest BCUT2D eigenvalue weighted by Gasteiger charge is 2.38. The van der Waals surface area contributed by atoms with Gasteiger partial charge in [-0.3, -0.25) is 4.68 Å². The van der Waals surface area contributed by atoms with Gasteiger partial charge >= 0.3 is 0 Å². The fourth-order valence-corrected chi connectivity index (χ4v) is 3.75. The summed E-state index contributed by atoms with van der Waals surface area (Å²) in [6, 6.07) is 0. The largest absolute Gasteiger partial charge is 0.308 e. The van der Waals surface area contributed by atoms with Crippen LogP contribution in [-0.2, 0) is 12.1 Å². The van der Waals surface area contributed by atoms with Crippen LogP contribution < -0.4 is 5.32 Å². The summed E-state index contributed by atoms with van der Waals surface area (Å²) >= 11 is 3.70. The molecule has 0 amide bonds. The minimum atomic E-state index is 0.121. The van der Waals surface area contributed by atoms with Gasteiger partial charge in [0.2, 0.25) is 0 Å². The third-order valence-corrected chi connectivity index (χ3v) is 4.51. The van der Waals surface area contributed by atoms with E-state index in [0.29, 0.717) is 0 Å². The van der Waals surface area contributed by atoms with Gasteiger partial charge in [0.05, 0.1) is 28.4 Å². The van der Waals surface area contributed by atoms with Crippen molar-refractivity contribution in [2.45, 2.75) is 44.7 Å². The molecule has 1 atom stereocenters. The lowest BCUT2D eigenvalue weighted by molar-refractivity contribution is 0.307. The second-order valence-electron chi connectivity index (χ2n) is 5.73. The van der Waals surface area contributed by atoms with Crippen LogP contribution in [-0.4, -0.2) is 41.9 Å². The molecule has 0 saturated carbocycles. The summed E-state index contributed by atoms with van der Waals surface area (Å²) in [6.45, 7) is 5.34.